The molecule has 0 unspecified atom stereocenters. The number of halogens is 1. The van der Waals surface area contributed by atoms with Gasteiger partial charge in [0.2, 0.25) is 5.89 Å². The number of fused-ring (bicyclic) bond motifs is 1. The largest absolute Gasteiger partial charge is 0.486 e. The summed E-state index contributed by atoms with van der Waals surface area (Å²) in [5.41, 5.74) is 0.879. The van der Waals surface area contributed by atoms with Crippen molar-refractivity contribution < 1.29 is 18.7 Å². The number of ether oxygens (including phenoxy) is 3. The smallest absolute Gasteiger partial charge is 0.231 e. The number of hydrogen-bond donors (Lipinski definition) is 0. The lowest BCUT2D eigenvalue weighted by atomic mass is 10.1. The maximum Gasteiger partial charge on any atom is 0.231 e. The first kappa shape index (κ1) is 13.8. The van der Waals surface area contributed by atoms with Crippen molar-refractivity contribution in [3.05, 3.63) is 34.4 Å². The van der Waals surface area contributed by atoms with Crippen molar-refractivity contribution in [2.75, 3.05) is 26.4 Å². The lowest BCUT2D eigenvalue weighted by Crippen LogP contribution is -2.15. The number of hydrogen-bond acceptors (Lipinski definition) is 6. The zero-order valence-corrected chi connectivity index (χ0v) is 12.6. The Bertz CT molecular complexity index is 682. The fourth-order valence-electron chi connectivity index (χ4n) is 2.65. The molecule has 1 saturated heterocycles. The number of aromatic nitrogens is 2. The highest BCUT2D eigenvalue weighted by molar-refractivity contribution is 6.31. The minimum Gasteiger partial charge on any atom is -0.486 e. The third-order valence-corrected chi connectivity index (χ3v) is 4.18. The molecule has 1 fully saturated rings. The van der Waals surface area contributed by atoms with Crippen LogP contribution in [0, 0.1) is 0 Å². The maximum absolute atomic E-state index is 6.30. The Labute approximate surface area is 132 Å². The molecule has 22 heavy (non-hydrogen) atoms. The molecule has 0 N–H and O–H groups in total. The minimum atomic E-state index is 0.230. The van der Waals surface area contributed by atoms with Gasteiger partial charge in [-0.2, -0.15) is 4.98 Å². The Balaban J connectivity index is 1.55. The van der Waals surface area contributed by atoms with Gasteiger partial charge >= 0.3 is 0 Å². The molecular weight excluding hydrogens is 308 g/mol. The van der Waals surface area contributed by atoms with Gasteiger partial charge in [0.1, 0.15) is 13.2 Å². The van der Waals surface area contributed by atoms with E-state index in [0.717, 1.165) is 18.6 Å². The average Bonchev–Trinajstić information content (AvgIpc) is 3.18. The zero-order valence-electron chi connectivity index (χ0n) is 11.9. The molecule has 4 rings (SSSR count). The monoisotopic (exact) mass is 322 g/mol. The van der Waals surface area contributed by atoms with Crippen LogP contribution in [0.5, 0.6) is 11.5 Å². The summed E-state index contributed by atoms with van der Waals surface area (Å²) in [4.78, 5) is 4.45. The lowest BCUT2D eigenvalue weighted by Gasteiger charge is -2.19. The van der Waals surface area contributed by atoms with Gasteiger partial charge in [0, 0.05) is 23.6 Å². The van der Waals surface area contributed by atoms with Crippen molar-refractivity contribution in [3.8, 4) is 11.5 Å². The first-order valence-corrected chi connectivity index (χ1v) is 7.65. The molecule has 1 aromatic heterocycles. The van der Waals surface area contributed by atoms with Crippen molar-refractivity contribution in [2.24, 2.45) is 0 Å². The van der Waals surface area contributed by atoms with Crippen molar-refractivity contribution in [1.82, 2.24) is 10.1 Å². The maximum atomic E-state index is 6.30. The first-order chi connectivity index (χ1) is 10.8. The molecule has 1 aromatic carbocycles. The summed E-state index contributed by atoms with van der Waals surface area (Å²) in [6, 6.07) is 3.65. The molecule has 0 radical (unpaired) electrons. The molecule has 0 aliphatic carbocycles. The quantitative estimate of drug-likeness (QED) is 0.865. The van der Waals surface area contributed by atoms with Crippen molar-refractivity contribution >= 4 is 11.6 Å². The van der Waals surface area contributed by atoms with Crippen LogP contribution in [0.1, 0.15) is 29.6 Å². The van der Waals surface area contributed by atoms with Gasteiger partial charge < -0.3 is 18.7 Å². The summed E-state index contributed by atoms with van der Waals surface area (Å²) in [5, 5.41) is 4.65. The Morgan fingerprint density at radius 2 is 1.95 bits per heavy atom. The van der Waals surface area contributed by atoms with Gasteiger partial charge in [0.05, 0.1) is 13.0 Å². The van der Waals surface area contributed by atoms with Crippen LogP contribution in [0.3, 0.4) is 0 Å². The predicted molar refractivity (Wildman–Crippen MR) is 77.7 cm³/mol. The summed E-state index contributed by atoms with van der Waals surface area (Å²) >= 11 is 6.30. The van der Waals surface area contributed by atoms with E-state index in [0.29, 0.717) is 54.5 Å². The highest BCUT2D eigenvalue weighted by Crippen LogP contribution is 2.36. The van der Waals surface area contributed by atoms with Crippen LogP contribution >= 0.6 is 11.6 Å². The molecule has 116 valence electrons. The second kappa shape index (κ2) is 5.78. The van der Waals surface area contributed by atoms with Gasteiger partial charge in [-0.15, -0.1) is 0 Å². The SMILES string of the molecule is Clc1cc2c(cc1Cc1nc([C@H]3CCOC3)no1)OCCO2. The van der Waals surface area contributed by atoms with E-state index >= 15 is 0 Å². The van der Waals surface area contributed by atoms with Crippen molar-refractivity contribution in [3.63, 3.8) is 0 Å². The number of nitrogens with zero attached hydrogens (tertiary/aromatic N) is 2. The second-order valence-corrected chi connectivity index (χ2v) is 5.78. The van der Waals surface area contributed by atoms with Gasteiger partial charge in [-0.05, 0) is 18.1 Å². The second-order valence-electron chi connectivity index (χ2n) is 5.37. The molecular formula is C15H15ClN2O4. The summed E-state index contributed by atoms with van der Waals surface area (Å²) in [7, 11) is 0. The van der Waals surface area contributed by atoms with Gasteiger partial charge in [0.25, 0.3) is 0 Å². The molecule has 2 aromatic rings. The first-order valence-electron chi connectivity index (χ1n) is 7.28. The van der Waals surface area contributed by atoms with Crippen LogP contribution in [0.2, 0.25) is 5.02 Å². The van der Waals surface area contributed by atoms with E-state index < -0.39 is 0 Å². The van der Waals surface area contributed by atoms with Crippen LogP contribution in [-0.4, -0.2) is 36.6 Å². The zero-order chi connectivity index (χ0) is 14.9. The Hall–Kier alpha value is -1.79. The molecule has 7 heteroatoms. The number of benzene rings is 1. The van der Waals surface area contributed by atoms with Gasteiger partial charge in [-0.25, -0.2) is 0 Å². The fourth-order valence-corrected chi connectivity index (χ4v) is 2.87. The van der Waals surface area contributed by atoms with Crippen LogP contribution in [-0.2, 0) is 11.2 Å². The van der Waals surface area contributed by atoms with Gasteiger partial charge in [-0.3, -0.25) is 0 Å². The van der Waals surface area contributed by atoms with Crippen molar-refractivity contribution in [1.29, 1.82) is 0 Å². The molecule has 2 aliphatic rings. The standard InChI is InChI=1S/C15H15ClN2O4/c16-11-7-13-12(20-3-4-21-13)5-10(11)6-14-17-15(18-22-14)9-1-2-19-8-9/h5,7,9H,1-4,6,8H2/t9-/m0/s1. The van der Waals surface area contributed by atoms with Crippen LogP contribution < -0.4 is 9.47 Å². The van der Waals surface area contributed by atoms with E-state index in [9.17, 15) is 0 Å². The Kier molecular flexibility index (Phi) is 3.63. The summed E-state index contributed by atoms with van der Waals surface area (Å²) in [6.45, 7) is 2.49. The fraction of sp³-hybridized carbons (Fsp3) is 0.467. The summed E-state index contributed by atoms with van der Waals surface area (Å²) in [5.74, 6) is 2.86. The third kappa shape index (κ3) is 2.64. The van der Waals surface area contributed by atoms with E-state index in [1.54, 1.807) is 6.07 Å². The van der Waals surface area contributed by atoms with Crippen LogP contribution in [0.15, 0.2) is 16.7 Å². The molecule has 3 heterocycles. The van der Waals surface area contributed by atoms with E-state index in [2.05, 4.69) is 10.1 Å². The minimum absolute atomic E-state index is 0.230. The Morgan fingerprint density at radius 1 is 1.14 bits per heavy atom. The van der Waals surface area contributed by atoms with Gasteiger partial charge in [-0.1, -0.05) is 16.8 Å². The highest BCUT2D eigenvalue weighted by Gasteiger charge is 2.23. The normalized spacial score (nSPS) is 20.3. The molecule has 0 amide bonds. The number of rotatable bonds is 3. The van der Waals surface area contributed by atoms with Crippen molar-refractivity contribution in [2.45, 2.75) is 18.8 Å². The third-order valence-electron chi connectivity index (χ3n) is 3.83. The van der Waals surface area contributed by atoms with Gasteiger partial charge in [0.15, 0.2) is 17.3 Å². The highest BCUT2D eigenvalue weighted by atomic mass is 35.5. The lowest BCUT2D eigenvalue weighted by molar-refractivity contribution is 0.171. The van der Waals surface area contributed by atoms with E-state index in [1.165, 1.54) is 0 Å². The topological polar surface area (TPSA) is 66.6 Å². The van der Waals surface area contributed by atoms with E-state index in [4.69, 9.17) is 30.3 Å². The van der Waals surface area contributed by atoms with Crippen LogP contribution in [0.4, 0.5) is 0 Å². The molecule has 6 nitrogen and oxygen atoms in total. The van der Waals surface area contributed by atoms with Crippen LogP contribution in [0.25, 0.3) is 0 Å². The Morgan fingerprint density at radius 3 is 2.73 bits per heavy atom. The van der Waals surface area contributed by atoms with E-state index in [1.807, 2.05) is 6.07 Å². The predicted octanol–water partition coefficient (Wildman–Crippen LogP) is 2.59. The molecule has 1 atom stereocenters. The molecule has 0 spiro atoms. The molecule has 0 saturated carbocycles. The average molecular weight is 323 g/mol. The van der Waals surface area contributed by atoms with E-state index in [-0.39, 0.29) is 5.92 Å². The summed E-state index contributed by atoms with van der Waals surface area (Å²) < 4.78 is 21.8. The summed E-state index contributed by atoms with van der Waals surface area (Å²) in [6.07, 6.45) is 1.40. The molecule has 2 aliphatic heterocycles. The molecule has 0 bridgehead atoms.